The monoisotopic (exact) mass is 517 g/mol. The number of nitrogen functional groups attached to an aromatic ring is 1. The molecule has 0 bridgehead atoms. The molecule has 0 saturated heterocycles. The number of hydrogen-bond acceptors (Lipinski definition) is 8. The SMILES string of the molecule is CNC(=O)Nc1cnc(Nc2cc(N)c(N(C)CCN(C)C)cc2OC)nc1-c1cn(C)c2ccccc12. The summed E-state index contributed by atoms with van der Waals surface area (Å²) in [5, 5.41) is 9.66. The van der Waals surface area contributed by atoms with Crippen LogP contribution in [0.1, 0.15) is 0 Å². The van der Waals surface area contributed by atoms with Crippen molar-refractivity contribution in [2.24, 2.45) is 7.05 Å². The number of nitrogens with zero attached hydrogens (tertiary/aromatic N) is 5. The molecule has 0 radical (unpaired) electrons. The molecule has 11 nitrogen and oxygen atoms in total. The van der Waals surface area contributed by atoms with Gasteiger partial charge in [0.15, 0.2) is 0 Å². The topological polar surface area (TPSA) is 126 Å². The van der Waals surface area contributed by atoms with E-state index in [0.29, 0.717) is 34.5 Å². The Balaban J connectivity index is 1.74. The number of ether oxygens (including phenoxy) is 1. The predicted octanol–water partition coefficient (Wildman–Crippen LogP) is 3.72. The maximum absolute atomic E-state index is 12.2. The Morgan fingerprint density at radius 2 is 1.89 bits per heavy atom. The van der Waals surface area contributed by atoms with Crippen LogP contribution in [0.15, 0.2) is 48.8 Å². The summed E-state index contributed by atoms with van der Waals surface area (Å²) in [6.07, 6.45) is 3.57. The first-order chi connectivity index (χ1) is 18.2. The van der Waals surface area contributed by atoms with Crippen molar-refractivity contribution in [1.29, 1.82) is 0 Å². The van der Waals surface area contributed by atoms with Gasteiger partial charge in [0.05, 0.1) is 36.1 Å². The highest BCUT2D eigenvalue weighted by Crippen LogP contribution is 2.38. The third-order valence-corrected chi connectivity index (χ3v) is 6.31. The Hall–Kier alpha value is -4.51. The van der Waals surface area contributed by atoms with Gasteiger partial charge in [-0.15, -0.1) is 0 Å². The van der Waals surface area contributed by atoms with Crippen molar-refractivity contribution >= 4 is 45.6 Å². The standard InChI is InChI=1S/C27H35N9O2/c1-29-27(37)32-21-15-30-26(33-25(21)18-16-36(5)22-10-8-7-9-17(18)22)31-20-13-19(28)23(14-24(20)38-6)35(4)12-11-34(2)3/h7-10,13-16H,11-12,28H2,1-6H3,(H2,29,32,37)(H,30,31,33). The number of carbonyl (C=O) groups is 1. The van der Waals surface area contributed by atoms with Crippen LogP contribution in [-0.2, 0) is 7.05 Å². The Kier molecular flexibility index (Phi) is 7.87. The van der Waals surface area contributed by atoms with Gasteiger partial charge < -0.3 is 40.8 Å². The predicted molar refractivity (Wildman–Crippen MR) is 155 cm³/mol. The van der Waals surface area contributed by atoms with E-state index in [2.05, 4.69) is 30.7 Å². The minimum atomic E-state index is -0.362. The van der Waals surface area contributed by atoms with Crippen molar-refractivity contribution in [3.8, 4) is 17.0 Å². The molecule has 0 aliphatic heterocycles. The number of rotatable bonds is 9. The molecule has 4 aromatic rings. The van der Waals surface area contributed by atoms with Gasteiger partial charge in [0, 0.05) is 63.0 Å². The van der Waals surface area contributed by atoms with Crippen molar-refractivity contribution in [1.82, 2.24) is 24.8 Å². The van der Waals surface area contributed by atoms with E-state index in [-0.39, 0.29) is 6.03 Å². The molecule has 2 heterocycles. The molecule has 2 amide bonds. The number of nitrogens with two attached hydrogens (primary N) is 1. The van der Waals surface area contributed by atoms with Crippen molar-refractivity contribution in [3.63, 3.8) is 0 Å². The molecule has 200 valence electrons. The second kappa shape index (κ2) is 11.3. The van der Waals surface area contributed by atoms with Crippen LogP contribution in [0, 0.1) is 0 Å². The lowest BCUT2D eigenvalue weighted by Crippen LogP contribution is -2.29. The Morgan fingerprint density at radius 1 is 1.13 bits per heavy atom. The van der Waals surface area contributed by atoms with Gasteiger partial charge in [-0.05, 0) is 26.2 Å². The second-order valence-corrected chi connectivity index (χ2v) is 9.29. The number of benzene rings is 2. The summed E-state index contributed by atoms with van der Waals surface area (Å²) in [6.45, 7) is 1.70. The zero-order valence-electron chi connectivity index (χ0n) is 22.7. The van der Waals surface area contributed by atoms with Crippen molar-refractivity contribution in [3.05, 3.63) is 48.8 Å². The van der Waals surface area contributed by atoms with Gasteiger partial charge in [0.2, 0.25) is 5.95 Å². The van der Waals surface area contributed by atoms with E-state index in [1.807, 2.05) is 75.4 Å². The van der Waals surface area contributed by atoms with Crippen molar-refractivity contribution < 1.29 is 9.53 Å². The third kappa shape index (κ3) is 5.57. The maximum atomic E-state index is 12.2. The summed E-state index contributed by atoms with van der Waals surface area (Å²) in [5.41, 5.74) is 11.5. The van der Waals surface area contributed by atoms with Crippen LogP contribution in [-0.4, -0.2) is 73.9 Å². The number of aromatic nitrogens is 3. The zero-order valence-corrected chi connectivity index (χ0v) is 22.7. The molecule has 4 rings (SSSR count). The first-order valence-corrected chi connectivity index (χ1v) is 12.2. The first kappa shape index (κ1) is 26.6. The van der Waals surface area contributed by atoms with Crippen LogP contribution in [0.3, 0.4) is 0 Å². The number of nitrogens with one attached hydrogen (secondary N) is 3. The van der Waals surface area contributed by atoms with Crippen LogP contribution in [0.25, 0.3) is 22.2 Å². The van der Waals surface area contributed by atoms with E-state index >= 15 is 0 Å². The summed E-state index contributed by atoms with van der Waals surface area (Å²) in [6, 6.07) is 11.4. The Labute approximate surface area is 222 Å². The first-order valence-electron chi connectivity index (χ1n) is 12.2. The second-order valence-electron chi connectivity index (χ2n) is 9.29. The van der Waals surface area contributed by atoms with Gasteiger partial charge in [0.25, 0.3) is 0 Å². The molecule has 11 heteroatoms. The lowest BCUT2D eigenvalue weighted by molar-refractivity contribution is 0.254. The number of methoxy groups -OCH3 is 1. The number of urea groups is 1. The summed E-state index contributed by atoms with van der Waals surface area (Å²) < 4.78 is 7.70. The van der Waals surface area contributed by atoms with Crippen molar-refractivity contribution in [2.45, 2.75) is 0 Å². The molecule has 0 spiro atoms. The fraction of sp³-hybridized carbons (Fsp3) is 0.296. The number of aryl methyl sites for hydroxylation is 1. The molecule has 5 N–H and O–H groups in total. The van der Waals surface area contributed by atoms with Crippen LogP contribution in [0.5, 0.6) is 5.75 Å². The number of fused-ring (bicyclic) bond motifs is 1. The van der Waals surface area contributed by atoms with Crippen LogP contribution < -0.4 is 31.3 Å². The average molecular weight is 518 g/mol. The Morgan fingerprint density at radius 3 is 2.61 bits per heavy atom. The molecule has 38 heavy (non-hydrogen) atoms. The van der Waals surface area contributed by atoms with Gasteiger partial charge in [-0.3, -0.25) is 0 Å². The smallest absolute Gasteiger partial charge is 0.319 e. The summed E-state index contributed by atoms with van der Waals surface area (Å²) in [4.78, 5) is 25.6. The van der Waals surface area contributed by atoms with Crippen LogP contribution >= 0.6 is 0 Å². The number of likely N-dealkylation sites (N-methyl/N-ethyl adjacent to an activating group) is 2. The summed E-state index contributed by atoms with van der Waals surface area (Å²) >= 11 is 0. The number of amides is 2. The lowest BCUT2D eigenvalue weighted by atomic mass is 10.1. The molecular formula is C27H35N9O2. The molecule has 0 atom stereocenters. The van der Waals surface area contributed by atoms with Gasteiger partial charge in [-0.25, -0.2) is 14.8 Å². The average Bonchev–Trinajstić information content (AvgIpc) is 3.24. The summed E-state index contributed by atoms with van der Waals surface area (Å²) in [7, 11) is 11.2. The van der Waals surface area contributed by atoms with E-state index in [1.165, 1.54) is 0 Å². The molecule has 0 aliphatic rings. The minimum absolute atomic E-state index is 0.335. The van der Waals surface area contributed by atoms with Crippen LogP contribution in [0.2, 0.25) is 0 Å². The van der Waals surface area contributed by atoms with E-state index in [0.717, 1.165) is 35.2 Å². The fourth-order valence-corrected chi connectivity index (χ4v) is 4.23. The van der Waals surface area contributed by atoms with E-state index in [1.54, 1.807) is 20.4 Å². The highest BCUT2D eigenvalue weighted by Gasteiger charge is 2.18. The molecule has 2 aromatic carbocycles. The number of hydrogen-bond donors (Lipinski definition) is 4. The number of anilines is 5. The molecular weight excluding hydrogens is 482 g/mol. The van der Waals surface area contributed by atoms with Gasteiger partial charge in [0.1, 0.15) is 11.4 Å². The fourth-order valence-electron chi connectivity index (χ4n) is 4.23. The van der Waals surface area contributed by atoms with E-state index in [4.69, 9.17) is 15.5 Å². The zero-order chi connectivity index (χ0) is 27.4. The number of para-hydroxylation sites is 1. The largest absolute Gasteiger partial charge is 0.494 e. The normalized spacial score (nSPS) is 11.0. The molecule has 0 fully saturated rings. The lowest BCUT2D eigenvalue weighted by Gasteiger charge is -2.24. The number of carbonyl (C=O) groups excluding carboxylic acids is 1. The minimum Gasteiger partial charge on any atom is -0.494 e. The van der Waals surface area contributed by atoms with Gasteiger partial charge >= 0.3 is 6.03 Å². The molecule has 2 aromatic heterocycles. The quantitative estimate of drug-likeness (QED) is 0.248. The molecule has 0 saturated carbocycles. The van der Waals surface area contributed by atoms with E-state index < -0.39 is 0 Å². The van der Waals surface area contributed by atoms with Crippen molar-refractivity contribution in [2.75, 3.05) is 69.7 Å². The molecule has 0 unspecified atom stereocenters. The summed E-state index contributed by atoms with van der Waals surface area (Å²) in [5.74, 6) is 0.940. The van der Waals surface area contributed by atoms with Crippen LogP contribution in [0.4, 0.5) is 33.5 Å². The Bertz CT molecular complexity index is 1450. The van der Waals surface area contributed by atoms with Gasteiger partial charge in [-0.2, -0.15) is 0 Å². The molecule has 0 aliphatic carbocycles. The highest BCUT2D eigenvalue weighted by molar-refractivity contribution is 6.01. The van der Waals surface area contributed by atoms with E-state index in [9.17, 15) is 4.79 Å². The maximum Gasteiger partial charge on any atom is 0.319 e. The van der Waals surface area contributed by atoms with Gasteiger partial charge in [-0.1, -0.05) is 18.2 Å². The highest BCUT2D eigenvalue weighted by atomic mass is 16.5. The third-order valence-electron chi connectivity index (χ3n) is 6.31.